The number of anilines is 1. The van der Waals surface area contributed by atoms with Crippen molar-refractivity contribution in [2.75, 3.05) is 38.1 Å². The van der Waals surface area contributed by atoms with Crippen LogP contribution in [0.5, 0.6) is 0 Å². The van der Waals surface area contributed by atoms with Crippen molar-refractivity contribution in [2.45, 2.75) is 66.2 Å². The lowest BCUT2D eigenvalue weighted by Gasteiger charge is -2.35. The van der Waals surface area contributed by atoms with Gasteiger partial charge in [0.05, 0.1) is 11.6 Å². The predicted molar refractivity (Wildman–Crippen MR) is 175 cm³/mol. The van der Waals surface area contributed by atoms with Crippen molar-refractivity contribution in [1.82, 2.24) is 26.2 Å². The van der Waals surface area contributed by atoms with E-state index in [4.69, 9.17) is 0 Å². The number of nitrogens with zero attached hydrogens (tertiary/aromatic N) is 2. The summed E-state index contributed by atoms with van der Waals surface area (Å²) < 4.78 is 0. The van der Waals surface area contributed by atoms with E-state index in [1.165, 1.54) is 6.92 Å². The van der Waals surface area contributed by atoms with Crippen molar-refractivity contribution < 1.29 is 24.0 Å². The maximum absolute atomic E-state index is 13.6. The van der Waals surface area contributed by atoms with Crippen LogP contribution in [0.3, 0.4) is 0 Å². The zero-order valence-corrected chi connectivity index (χ0v) is 27.5. The van der Waals surface area contributed by atoms with Gasteiger partial charge in [0.25, 0.3) is 11.8 Å². The Bertz CT molecular complexity index is 1350. The molecule has 11 nitrogen and oxygen atoms in total. The van der Waals surface area contributed by atoms with Crippen molar-refractivity contribution in [2.24, 2.45) is 11.3 Å². The summed E-state index contributed by atoms with van der Waals surface area (Å²) in [7, 11) is 2.06. The van der Waals surface area contributed by atoms with E-state index in [1.54, 1.807) is 26.0 Å². The molecule has 2 aromatic carbocycles. The number of benzene rings is 2. The third-order valence-corrected chi connectivity index (χ3v) is 7.91. The summed E-state index contributed by atoms with van der Waals surface area (Å²) >= 11 is 0. The standard InChI is InChI=1S/C34H48N6O5/c1-22(2)27(28(41)32(44)35-21-24-13-9-8-10-14-24)37-30(42)23(3)36-33(45)29(34(4,5)6)38-31(43)25-15-11-12-16-26(25)40-19-17-39(7)18-20-40/h8-16,22-23,27,29H,17-21H2,1-7H3,(H,35,44)(H,36,45)(H,37,42)(H,38,43). The maximum atomic E-state index is 13.6. The van der Waals surface area contributed by atoms with Crippen LogP contribution in [0.1, 0.15) is 57.5 Å². The van der Waals surface area contributed by atoms with Crippen LogP contribution >= 0.6 is 0 Å². The van der Waals surface area contributed by atoms with Crippen LogP contribution < -0.4 is 26.2 Å². The van der Waals surface area contributed by atoms with E-state index >= 15 is 0 Å². The summed E-state index contributed by atoms with van der Waals surface area (Å²) in [5.74, 6) is -3.50. The van der Waals surface area contributed by atoms with E-state index in [9.17, 15) is 24.0 Å². The second kappa shape index (κ2) is 15.7. The predicted octanol–water partition coefficient (Wildman–Crippen LogP) is 2.11. The fraction of sp³-hybridized carbons (Fsp3) is 0.500. The number of amides is 4. The zero-order chi connectivity index (χ0) is 33.3. The molecule has 1 heterocycles. The molecule has 0 aromatic heterocycles. The molecule has 0 bridgehead atoms. The van der Waals surface area contributed by atoms with Crippen molar-refractivity contribution in [1.29, 1.82) is 0 Å². The molecule has 4 amide bonds. The Labute approximate surface area is 266 Å². The van der Waals surface area contributed by atoms with Crippen LogP contribution in [0.25, 0.3) is 0 Å². The highest BCUT2D eigenvalue weighted by molar-refractivity contribution is 6.38. The Morgan fingerprint density at radius 2 is 1.38 bits per heavy atom. The molecular weight excluding hydrogens is 572 g/mol. The lowest BCUT2D eigenvalue weighted by Crippen LogP contribution is -2.59. The van der Waals surface area contributed by atoms with E-state index in [2.05, 4.69) is 38.1 Å². The van der Waals surface area contributed by atoms with E-state index in [1.807, 2.05) is 63.2 Å². The van der Waals surface area contributed by atoms with Gasteiger partial charge in [0.1, 0.15) is 12.1 Å². The first-order valence-electron chi connectivity index (χ1n) is 15.5. The molecule has 0 spiro atoms. The number of piperazine rings is 1. The number of carbonyl (C=O) groups excluding carboxylic acids is 5. The van der Waals surface area contributed by atoms with Crippen LogP contribution in [0.2, 0.25) is 0 Å². The number of para-hydroxylation sites is 1. The third-order valence-electron chi connectivity index (χ3n) is 7.91. The lowest BCUT2D eigenvalue weighted by molar-refractivity contribution is -0.141. The van der Waals surface area contributed by atoms with Gasteiger partial charge in [-0.2, -0.15) is 0 Å². The smallest absolute Gasteiger partial charge is 0.289 e. The molecular formula is C34H48N6O5. The van der Waals surface area contributed by atoms with Gasteiger partial charge in [-0.25, -0.2) is 0 Å². The largest absolute Gasteiger partial charge is 0.368 e. The monoisotopic (exact) mass is 620 g/mol. The minimum Gasteiger partial charge on any atom is -0.368 e. The van der Waals surface area contributed by atoms with Gasteiger partial charge in [0, 0.05) is 38.4 Å². The SMILES string of the molecule is CC(NC(=O)C(NC(=O)c1ccccc1N1CCN(C)CC1)C(C)(C)C)C(=O)NC(C(=O)C(=O)NCc1ccccc1)C(C)C. The third kappa shape index (κ3) is 9.87. The lowest BCUT2D eigenvalue weighted by atomic mass is 9.85. The highest BCUT2D eigenvalue weighted by atomic mass is 16.2. The van der Waals surface area contributed by atoms with Gasteiger partial charge < -0.3 is 31.1 Å². The highest BCUT2D eigenvalue weighted by Gasteiger charge is 2.36. The summed E-state index contributed by atoms with van der Waals surface area (Å²) in [6.45, 7) is 13.9. The molecule has 45 heavy (non-hydrogen) atoms. The summed E-state index contributed by atoms with van der Waals surface area (Å²) in [6.07, 6.45) is 0. The molecule has 0 radical (unpaired) electrons. The van der Waals surface area contributed by atoms with Gasteiger partial charge >= 0.3 is 0 Å². The molecule has 4 N–H and O–H groups in total. The van der Waals surface area contributed by atoms with E-state index in [0.29, 0.717) is 5.56 Å². The number of carbonyl (C=O) groups is 5. The van der Waals surface area contributed by atoms with Crippen LogP contribution in [0.4, 0.5) is 5.69 Å². The van der Waals surface area contributed by atoms with Crippen molar-refractivity contribution in [3.05, 3.63) is 65.7 Å². The van der Waals surface area contributed by atoms with Gasteiger partial charge in [0.15, 0.2) is 0 Å². The summed E-state index contributed by atoms with van der Waals surface area (Å²) in [4.78, 5) is 70.2. The minimum absolute atomic E-state index is 0.177. The Morgan fingerprint density at radius 3 is 1.98 bits per heavy atom. The van der Waals surface area contributed by atoms with Gasteiger partial charge in [-0.1, -0.05) is 77.1 Å². The van der Waals surface area contributed by atoms with Gasteiger partial charge in [0.2, 0.25) is 17.6 Å². The van der Waals surface area contributed by atoms with Crippen molar-refractivity contribution >= 4 is 35.1 Å². The second-order valence-electron chi connectivity index (χ2n) is 13.1. The number of Topliss-reactive ketones (excluding diaryl/α,β-unsaturated/α-hetero) is 1. The van der Waals surface area contributed by atoms with Crippen LogP contribution in [0, 0.1) is 11.3 Å². The molecule has 2 aromatic rings. The van der Waals surface area contributed by atoms with Gasteiger partial charge in [-0.05, 0) is 43.0 Å². The number of hydrogen-bond acceptors (Lipinski definition) is 7. The second-order valence-corrected chi connectivity index (χ2v) is 13.1. The van der Waals surface area contributed by atoms with Gasteiger partial charge in [-0.3, -0.25) is 24.0 Å². The van der Waals surface area contributed by atoms with Crippen LogP contribution in [-0.4, -0.2) is 85.7 Å². The van der Waals surface area contributed by atoms with E-state index in [-0.39, 0.29) is 18.4 Å². The Morgan fingerprint density at radius 1 is 0.778 bits per heavy atom. The summed E-state index contributed by atoms with van der Waals surface area (Å²) in [6, 6.07) is 13.4. The molecule has 3 unspecified atom stereocenters. The first-order valence-corrected chi connectivity index (χ1v) is 15.5. The molecule has 1 aliphatic heterocycles. The van der Waals surface area contributed by atoms with Gasteiger partial charge in [-0.15, -0.1) is 0 Å². The molecule has 3 atom stereocenters. The van der Waals surface area contributed by atoms with Crippen molar-refractivity contribution in [3.8, 4) is 0 Å². The summed E-state index contributed by atoms with van der Waals surface area (Å²) in [5.41, 5.74) is 1.43. The molecule has 244 valence electrons. The molecule has 0 aliphatic carbocycles. The first-order chi connectivity index (χ1) is 21.2. The normalized spacial score (nSPS) is 15.9. The zero-order valence-electron chi connectivity index (χ0n) is 27.5. The molecule has 1 saturated heterocycles. The number of rotatable bonds is 12. The van der Waals surface area contributed by atoms with E-state index < -0.39 is 47.0 Å². The highest BCUT2D eigenvalue weighted by Crippen LogP contribution is 2.24. The quantitative estimate of drug-likeness (QED) is 0.267. The number of likely N-dealkylation sites (N-methyl/N-ethyl adjacent to an activating group) is 1. The van der Waals surface area contributed by atoms with Crippen molar-refractivity contribution in [3.63, 3.8) is 0 Å². The topological polar surface area (TPSA) is 140 Å². The number of ketones is 1. The number of hydrogen-bond donors (Lipinski definition) is 4. The van der Waals surface area contributed by atoms with Crippen LogP contribution in [0.15, 0.2) is 54.6 Å². The Hall–Kier alpha value is -4.25. The van der Waals surface area contributed by atoms with Crippen LogP contribution in [-0.2, 0) is 25.7 Å². The fourth-order valence-corrected chi connectivity index (χ4v) is 5.05. The fourth-order valence-electron chi connectivity index (χ4n) is 5.05. The Kier molecular flexibility index (Phi) is 12.3. The molecule has 1 fully saturated rings. The molecule has 0 saturated carbocycles. The molecule has 1 aliphatic rings. The number of nitrogens with one attached hydrogen (secondary N) is 4. The Balaban J connectivity index is 1.65. The minimum atomic E-state index is -1.09. The molecule has 11 heteroatoms. The average molecular weight is 621 g/mol. The summed E-state index contributed by atoms with van der Waals surface area (Å²) in [5, 5.41) is 10.8. The first kappa shape index (κ1) is 35.2. The molecule has 3 rings (SSSR count). The average Bonchev–Trinajstić information content (AvgIpc) is 3.00. The maximum Gasteiger partial charge on any atom is 0.289 e. The van der Waals surface area contributed by atoms with E-state index in [0.717, 1.165) is 37.4 Å².